The van der Waals surface area contributed by atoms with Crippen LogP contribution in [0.5, 0.6) is 0 Å². The van der Waals surface area contributed by atoms with E-state index in [2.05, 4.69) is 17.6 Å². The molecule has 1 amide bonds. The molecule has 0 aromatic heterocycles. The van der Waals surface area contributed by atoms with Crippen molar-refractivity contribution in [3.8, 4) is 0 Å². The Morgan fingerprint density at radius 1 is 1.24 bits per heavy atom. The first-order valence-electron chi connectivity index (χ1n) is 5.98. The van der Waals surface area contributed by atoms with Gasteiger partial charge in [-0.3, -0.25) is 0 Å². The molecule has 0 radical (unpaired) electrons. The maximum absolute atomic E-state index is 11.3. The van der Waals surface area contributed by atoms with E-state index in [1.54, 1.807) is 0 Å². The quantitative estimate of drug-likeness (QED) is 0.711. The highest BCUT2D eigenvalue weighted by Gasteiger charge is 2.00. The molecule has 4 nitrogen and oxygen atoms in total. The predicted molar refractivity (Wildman–Crippen MR) is 67.8 cm³/mol. The van der Waals surface area contributed by atoms with E-state index in [1.165, 1.54) is 0 Å². The first-order valence-corrected chi connectivity index (χ1v) is 5.98. The molecule has 94 valence electrons. The Labute approximate surface area is 102 Å². The van der Waals surface area contributed by atoms with Gasteiger partial charge < -0.3 is 15.4 Å². The zero-order valence-electron chi connectivity index (χ0n) is 10.2. The minimum absolute atomic E-state index is 0.368. The number of carbonyl (C=O) groups excluding carboxylic acids is 1. The second kappa shape index (κ2) is 8.58. The molecule has 0 aliphatic carbocycles. The number of ether oxygens (including phenoxy) is 1. The van der Waals surface area contributed by atoms with Crippen molar-refractivity contribution in [3.63, 3.8) is 0 Å². The molecule has 1 rings (SSSR count). The van der Waals surface area contributed by atoms with Crippen LogP contribution >= 0.6 is 0 Å². The molecule has 0 aliphatic heterocycles. The summed E-state index contributed by atoms with van der Waals surface area (Å²) >= 11 is 0. The molecule has 0 atom stereocenters. The van der Waals surface area contributed by atoms with Gasteiger partial charge in [0.2, 0.25) is 0 Å². The molecule has 0 saturated carbocycles. The van der Waals surface area contributed by atoms with Crippen molar-refractivity contribution < 1.29 is 9.53 Å². The van der Waals surface area contributed by atoms with Gasteiger partial charge >= 0.3 is 6.09 Å². The number of hydrogen-bond acceptors (Lipinski definition) is 3. The molecule has 0 saturated heterocycles. The molecule has 1 aromatic rings. The Balaban J connectivity index is 2.05. The van der Waals surface area contributed by atoms with E-state index in [4.69, 9.17) is 4.74 Å². The highest BCUT2D eigenvalue weighted by atomic mass is 16.5. The van der Waals surface area contributed by atoms with Crippen molar-refractivity contribution in [3.05, 3.63) is 35.9 Å². The van der Waals surface area contributed by atoms with Crippen molar-refractivity contribution in [2.75, 3.05) is 19.7 Å². The molecule has 0 unspecified atom stereocenters. The van der Waals surface area contributed by atoms with E-state index in [0.29, 0.717) is 19.7 Å². The van der Waals surface area contributed by atoms with Gasteiger partial charge in [-0.15, -0.1) is 0 Å². The van der Waals surface area contributed by atoms with Gasteiger partial charge in [-0.25, -0.2) is 4.79 Å². The molecule has 1 aromatic carbocycles. The van der Waals surface area contributed by atoms with E-state index < -0.39 is 0 Å². The summed E-state index contributed by atoms with van der Waals surface area (Å²) in [4.78, 5) is 11.3. The third kappa shape index (κ3) is 6.58. The fourth-order valence-corrected chi connectivity index (χ4v) is 1.34. The van der Waals surface area contributed by atoms with Gasteiger partial charge in [0.05, 0.1) is 0 Å². The minimum atomic E-state index is -0.368. The molecular weight excluding hydrogens is 216 g/mol. The summed E-state index contributed by atoms with van der Waals surface area (Å²) in [7, 11) is 0. The number of rotatable bonds is 7. The SMILES string of the molecule is CCCNCCOC(=O)NCc1ccccc1. The Morgan fingerprint density at radius 2 is 2.00 bits per heavy atom. The van der Waals surface area contributed by atoms with Gasteiger partial charge in [-0.1, -0.05) is 37.3 Å². The lowest BCUT2D eigenvalue weighted by Gasteiger charge is -2.07. The summed E-state index contributed by atoms with van der Waals surface area (Å²) in [6, 6.07) is 9.75. The van der Waals surface area contributed by atoms with Gasteiger partial charge in [-0.2, -0.15) is 0 Å². The summed E-state index contributed by atoms with van der Waals surface area (Å²) in [6.07, 6.45) is 0.715. The fourth-order valence-electron chi connectivity index (χ4n) is 1.34. The van der Waals surface area contributed by atoms with Crippen LogP contribution in [-0.2, 0) is 11.3 Å². The van der Waals surface area contributed by atoms with Gasteiger partial charge in [0.1, 0.15) is 6.61 Å². The van der Waals surface area contributed by atoms with Crippen LogP contribution in [0.2, 0.25) is 0 Å². The average molecular weight is 236 g/mol. The van der Waals surface area contributed by atoms with Crippen LogP contribution in [0.25, 0.3) is 0 Å². The van der Waals surface area contributed by atoms with Crippen molar-refractivity contribution >= 4 is 6.09 Å². The van der Waals surface area contributed by atoms with Gasteiger partial charge in [0.25, 0.3) is 0 Å². The Kier molecular flexibility index (Phi) is 6.82. The molecule has 0 heterocycles. The Morgan fingerprint density at radius 3 is 2.71 bits per heavy atom. The number of carbonyl (C=O) groups is 1. The zero-order valence-corrected chi connectivity index (χ0v) is 10.2. The fraction of sp³-hybridized carbons (Fsp3) is 0.462. The largest absolute Gasteiger partial charge is 0.448 e. The normalized spacial score (nSPS) is 9.94. The summed E-state index contributed by atoms with van der Waals surface area (Å²) in [5.74, 6) is 0. The molecular formula is C13H20N2O2. The van der Waals surface area contributed by atoms with Crippen LogP contribution < -0.4 is 10.6 Å². The van der Waals surface area contributed by atoms with Gasteiger partial charge in [-0.05, 0) is 18.5 Å². The number of benzene rings is 1. The maximum atomic E-state index is 11.3. The lowest BCUT2D eigenvalue weighted by Crippen LogP contribution is -2.28. The van der Waals surface area contributed by atoms with Crippen LogP contribution in [0.15, 0.2) is 30.3 Å². The van der Waals surface area contributed by atoms with E-state index in [9.17, 15) is 4.79 Å². The zero-order chi connectivity index (χ0) is 12.3. The van der Waals surface area contributed by atoms with Gasteiger partial charge in [0, 0.05) is 13.1 Å². The highest BCUT2D eigenvalue weighted by molar-refractivity contribution is 5.67. The molecule has 17 heavy (non-hydrogen) atoms. The summed E-state index contributed by atoms with van der Waals surface area (Å²) in [5.41, 5.74) is 1.06. The number of hydrogen-bond donors (Lipinski definition) is 2. The molecule has 4 heteroatoms. The van der Waals surface area contributed by atoms with Crippen molar-refractivity contribution in [1.82, 2.24) is 10.6 Å². The molecule has 0 bridgehead atoms. The van der Waals surface area contributed by atoms with Crippen LogP contribution in [0.4, 0.5) is 4.79 Å². The van der Waals surface area contributed by atoms with E-state index >= 15 is 0 Å². The van der Waals surface area contributed by atoms with Crippen molar-refractivity contribution in [2.24, 2.45) is 0 Å². The van der Waals surface area contributed by atoms with Crippen LogP contribution in [0, 0.1) is 0 Å². The predicted octanol–water partition coefficient (Wildman–Crippen LogP) is 1.91. The molecule has 0 fully saturated rings. The first kappa shape index (κ1) is 13.5. The third-order valence-electron chi connectivity index (χ3n) is 2.22. The van der Waals surface area contributed by atoms with Crippen molar-refractivity contribution in [2.45, 2.75) is 19.9 Å². The average Bonchev–Trinajstić information content (AvgIpc) is 2.37. The van der Waals surface area contributed by atoms with E-state index in [0.717, 1.165) is 18.5 Å². The standard InChI is InChI=1S/C13H20N2O2/c1-2-8-14-9-10-17-13(16)15-11-12-6-4-3-5-7-12/h3-7,14H,2,8-11H2,1H3,(H,15,16). The second-order valence-electron chi connectivity index (χ2n) is 3.73. The van der Waals surface area contributed by atoms with Crippen molar-refractivity contribution in [1.29, 1.82) is 0 Å². The smallest absolute Gasteiger partial charge is 0.407 e. The van der Waals surface area contributed by atoms with Gasteiger partial charge in [0.15, 0.2) is 0 Å². The number of alkyl carbamates (subject to hydrolysis) is 1. The summed E-state index contributed by atoms with van der Waals surface area (Å²) < 4.78 is 5.00. The topological polar surface area (TPSA) is 50.4 Å². The van der Waals surface area contributed by atoms with Crippen LogP contribution in [0.1, 0.15) is 18.9 Å². The lowest BCUT2D eigenvalue weighted by atomic mass is 10.2. The molecule has 0 aliphatic rings. The number of nitrogens with one attached hydrogen (secondary N) is 2. The van der Waals surface area contributed by atoms with E-state index in [-0.39, 0.29) is 6.09 Å². The Hall–Kier alpha value is -1.55. The summed E-state index contributed by atoms with van der Waals surface area (Å²) in [6.45, 7) is 4.66. The third-order valence-corrected chi connectivity index (χ3v) is 2.22. The second-order valence-corrected chi connectivity index (χ2v) is 3.73. The maximum Gasteiger partial charge on any atom is 0.407 e. The molecule has 0 spiro atoms. The first-order chi connectivity index (χ1) is 8.33. The minimum Gasteiger partial charge on any atom is -0.448 e. The van der Waals surface area contributed by atoms with E-state index in [1.807, 2.05) is 30.3 Å². The lowest BCUT2D eigenvalue weighted by molar-refractivity contribution is 0.146. The highest BCUT2D eigenvalue weighted by Crippen LogP contribution is 1.97. The monoisotopic (exact) mass is 236 g/mol. The van der Waals surface area contributed by atoms with Crippen LogP contribution in [-0.4, -0.2) is 25.8 Å². The number of amides is 1. The summed E-state index contributed by atoms with van der Waals surface area (Å²) in [5, 5.41) is 5.86. The molecule has 2 N–H and O–H groups in total. The van der Waals surface area contributed by atoms with Crippen LogP contribution in [0.3, 0.4) is 0 Å². The Bertz CT molecular complexity index is 314.